The fourth-order valence-electron chi connectivity index (χ4n) is 2.53. The first-order chi connectivity index (χ1) is 9.72. The highest BCUT2D eigenvalue weighted by Crippen LogP contribution is 2.27. The molecule has 3 rings (SSSR count). The second-order valence-electron chi connectivity index (χ2n) is 5.13. The lowest BCUT2D eigenvalue weighted by Gasteiger charge is -2.14. The van der Waals surface area contributed by atoms with Gasteiger partial charge in [0.25, 0.3) is 0 Å². The minimum absolute atomic E-state index is 0.470. The molecule has 1 fully saturated rings. The summed E-state index contributed by atoms with van der Waals surface area (Å²) >= 11 is 1.61. The van der Waals surface area contributed by atoms with Crippen LogP contribution in [0.25, 0.3) is 10.6 Å². The van der Waals surface area contributed by atoms with E-state index in [0.717, 1.165) is 22.8 Å². The van der Waals surface area contributed by atoms with Crippen LogP contribution >= 0.6 is 11.3 Å². The summed E-state index contributed by atoms with van der Waals surface area (Å²) in [5.74, 6) is -0.470. The molecule has 1 saturated heterocycles. The van der Waals surface area contributed by atoms with Crippen molar-refractivity contribution >= 4 is 11.3 Å². The number of thiazole rings is 1. The zero-order chi connectivity index (χ0) is 13.9. The molecule has 0 aliphatic carbocycles. The van der Waals surface area contributed by atoms with E-state index in [-0.39, 0.29) is 0 Å². The van der Waals surface area contributed by atoms with Gasteiger partial charge in [0.05, 0.1) is 5.69 Å². The first kappa shape index (κ1) is 13.6. The number of nitrogens with zero attached hydrogens (tertiary/aromatic N) is 2. The quantitative estimate of drug-likeness (QED) is 0.850. The van der Waals surface area contributed by atoms with Crippen LogP contribution in [0, 0.1) is 5.92 Å². The average molecular weight is 294 g/mol. The molecule has 1 aromatic carbocycles. The van der Waals surface area contributed by atoms with Gasteiger partial charge in [-0.1, -0.05) is 30.3 Å². The third-order valence-corrected chi connectivity index (χ3v) is 4.56. The van der Waals surface area contributed by atoms with Gasteiger partial charge in [-0.15, -0.1) is 11.3 Å². The van der Waals surface area contributed by atoms with Gasteiger partial charge in [0.2, 0.25) is 6.43 Å². The van der Waals surface area contributed by atoms with Gasteiger partial charge in [0.15, 0.2) is 0 Å². The maximum absolute atomic E-state index is 12.6. The first-order valence-corrected chi connectivity index (χ1v) is 7.60. The van der Waals surface area contributed by atoms with Crippen molar-refractivity contribution in [1.29, 1.82) is 0 Å². The van der Waals surface area contributed by atoms with Gasteiger partial charge in [-0.3, -0.25) is 4.90 Å². The number of alkyl halides is 2. The van der Waals surface area contributed by atoms with Crippen molar-refractivity contribution in [1.82, 2.24) is 9.88 Å². The fourth-order valence-corrected chi connectivity index (χ4v) is 3.35. The number of hydrogen-bond donors (Lipinski definition) is 0. The molecule has 20 heavy (non-hydrogen) atoms. The molecule has 2 nitrogen and oxygen atoms in total. The smallest absolute Gasteiger partial charge is 0.242 e. The van der Waals surface area contributed by atoms with Gasteiger partial charge in [-0.25, -0.2) is 13.8 Å². The Labute approximate surface area is 121 Å². The molecule has 0 radical (unpaired) electrons. The molecule has 5 heteroatoms. The number of rotatable bonds is 4. The third kappa shape index (κ3) is 3.04. The zero-order valence-electron chi connectivity index (χ0n) is 11.0. The molecule has 106 valence electrons. The van der Waals surface area contributed by atoms with E-state index in [2.05, 4.69) is 9.88 Å². The van der Waals surface area contributed by atoms with Gasteiger partial charge in [-0.05, 0) is 13.0 Å². The maximum Gasteiger partial charge on any atom is 0.242 e. The summed E-state index contributed by atoms with van der Waals surface area (Å²) < 4.78 is 25.3. The summed E-state index contributed by atoms with van der Waals surface area (Å²) in [6, 6.07) is 10.0. The molecular weight excluding hydrogens is 278 g/mol. The first-order valence-electron chi connectivity index (χ1n) is 6.72. The summed E-state index contributed by atoms with van der Waals surface area (Å²) in [6.45, 7) is 1.90. The second kappa shape index (κ2) is 5.97. The Morgan fingerprint density at radius 2 is 2.10 bits per heavy atom. The van der Waals surface area contributed by atoms with Crippen LogP contribution in [0.2, 0.25) is 0 Å². The summed E-state index contributed by atoms with van der Waals surface area (Å²) in [5.41, 5.74) is 2.08. The predicted octanol–water partition coefficient (Wildman–Crippen LogP) is 3.90. The van der Waals surface area contributed by atoms with E-state index >= 15 is 0 Å². The molecule has 0 saturated carbocycles. The maximum atomic E-state index is 12.6. The van der Waals surface area contributed by atoms with E-state index in [0.29, 0.717) is 19.5 Å². The van der Waals surface area contributed by atoms with Crippen molar-refractivity contribution in [2.24, 2.45) is 5.92 Å². The molecule has 2 aromatic rings. The van der Waals surface area contributed by atoms with Gasteiger partial charge in [0, 0.05) is 30.0 Å². The Morgan fingerprint density at radius 3 is 2.80 bits per heavy atom. The number of aromatic nitrogens is 1. The van der Waals surface area contributed by atoms with E-state index < -0.39 is 12.3 Å². The summed E-state index contributed by atoms with van der Waals surface area (Å²) in [6.07, 6.45) is -1.61. The summed E-state index contributed by atoms with van der Waals surface area (Å²) in [4.78, 5) is 6.67. The molecule has 1 aliphatic rings. The van der Waals surface area contributed by atoms with E-state index in [4.69, 9.17) is 0 Å². The standard InChI is InChI=1S/C15H16F2N2S/c16-14(17)12-6-7-19(8-12)9-13-10-20-15(18-13)11-4-2-1-3-5-11/h1-5,10,12,14H,6-9H2. The van der Waals surface area contributed by atoms with Crippen LogP contribution in [0.4, 0.5) is 8.78 Å². The summed E-state index contributed by atoms with van der Waals surface area (Å²) in [5, 5.41) is 3.02. The van der Waals surface area contributed by atoms with Crippen LogP contribution in [-0.2, 0) is 6.54 Å². The zero-order valence-corrected chi connectivity index (χ0v) is 11.8. The number of hydrogen-bond acceptors (Lipinski definition) is 3. The van der Waals surface area contributed by atoms with Crippen LogP contribution in [0.5, 0.6) is 0 Å². The van der Waals surface area contributed by atoms with Crippen LogP contribution in [0.15, 0.2) is 35.7 Å². The Bertz CT molecular complexity index is 556. The van der Waals surface area contributed by atoms with Gasteiger partial charge in [0.1, 0.15) is 5.01 Å². The highest BCUT2D eigenvalue weighted by atomic mass is 32.1. The van der Waals surface area contributed by atoms with Crippen molar-refractivity contribution in [3.05, 3.63) is 41.4 Å². The van der Waals surface area contributed by atoms with Gasteiger partial charge >= 0.3 is 0 Å². The molecule has 2 heterocycles. The highest BCUT2D eigenvalue weighted by molar-refractivity contribution is 7.13. The molecule has 1 aromatic heterocycles. The summed E-state index contributed by atoms with van der Waals surface area (Å²) in [7, 11) is 0. The number of halogens is 2. The average Bonchev–Trinajstić information content (AvgIpc) is 3.10. The minimum atomic E-state index is -2.20. The molecule has 1 unspecified atom stereocenters. The molecule has 1 atom stereocenters. The Balaban J connectivity index is 1.64. The normalized spacial score (nSPS) is 19.9. The van der Waals surface area contributed by atoms with Crippen molar-refractivity contribution < 1.29 is 8.78 Å². The number of benzene rings is 1. The molecule has 0 N–H and O–H groups in total. The Morgan fingerprint density at radius 1 is 1.30 bits per heavy atom. The highest BCUT2D eigenvalue weighted by Gasteiger charge is 2.29. The molecule has 0 bridgehead atoms. The van der Waals surface area contributed by atoms with Crippen molar-refractivity contribution in [3.8, 4) is 10.6 Å². The monoisotopic (exact) mass is 294 g/mol. The SMILES string of the molecule is FC(F)C1CCN(Cc2csc(-c3ccccc3)n2)C1. The van der Waals surface area contributed by atoms with E-state index in [9.17, 15) is 8.78 Å². The lowest BCUT2D eigenvalue weighted by Crippen LogP contribution is -2.22. The van der Waals surface area contributed by atoms with Crippen molar-refractivity contribution in [2.75, 3.05) is 13.1 Å². The van der Waals surface area contributed by atoms with Crippen LogP contribution in [0.1, 0.15) is 12.1 Å². The molecule has 1 aliphatic heterocycles. The Hall–Kier alpha value is -1.33. The second-order valence-corrected chi connectivity index (χ2v) is 5.99. The molecule has 0 amide bonds. The minimum Gasteiger partial charge on any atom is -0.297 e. The topological polar surface area (TPSA) is 16.1 Å². The lowest BCUT2D eigenvalue weighted by molar-refractivity contribution is 0.0802. The van der Waals surface area contributed by atoms with Crippen LogP contribution in [0.3, 0.4) is 0 Å². The largest absolute Gasteiger partial charge is 0.297 e. The van der Waals surface area contributed by atoms with Gasteiger partial charge < -0.3 is 0 Å². The lowest BCUT2D eigenvalue weighted by atomic mass is 10.1. The third-order valence-electron chi connectivity index (χ3n) is 3.62. The van der Waals surface area contributed by atoms with Crippen molar-refractivity contribution in [3.63, 3.8) is 0 Å². The van der Waals surface area contributed by atoms with E-state index in [1.54, 1.807) is 11.3 Å². The van der Waals surface area contributed by atoms with Crippen molar-refractivity contribution in [2.45, 2.75) is 19.4 Å². The van der Waals surface area contributed by atoms with Crippen LogP contribution < -0.4 is 0 Å². The molecular formula is C15H16F2N2S. The predicted molar refractivity (Wildman–Crippen MR) is 76.9 cm³/mol. The van der Waals surface area contributed by atoms with E-state index in [1.165, 1.54) is 0 Å². The Kier molecular flexibility index (Phi) is 4.08. The molecule has 0 spiro atoms. The van der Waals surface area contributed by atoms with Gasteiger partial charge in [-0.2, -0.15) is 0 Å². The fraction of sp³-hybridized carbons (Fsp3) is 0.400. The van der Waals surface area contributed by atoms with E-state index in [1.807, 2.05) is 35.7 Å². The number of likely N-dealkylation sites (tertiary alicyclic amines) is 1. The van der Waals surface area contributed by atoms with Crippen LogP contribution in [-0.4, -0.2) is 29.4 Å².